The lowest BCUT2D eigenvalue weighted by atomic mass is 9.98. The maximum absolute atomic E-state index is 5.97. The SMILES string of the molecule is CCOc1ccc(C(C)N(CC)C2CCCC2CN)cc1. The standard InChI is InChI=1S/C18H30N2O/c1-4-20(18-8-6-7-16(18)13-19)14(3)15-9-11-17(12-10-15)21-5-2/h9-12,14,16,18H,4-8,13,19H2,1-3H3. The second kappa shape index (κ2) is 7.81. The van der Waals surface area contributed by atoms with Crippen LogP contribution in [0.2, 0.25) is 0 Å². The summed E-state index contributed by atoms with van der Waals surface area (Å²) in [6, 6.07) is 9.63. The summed E-state index contributed by atoms with van der Waals surface area (Å²) in [5, 5.41) is 0. The van der Waals surface area contributed by atoms with Crippen molar-refractivity contribution in [2.45, 2.75) is 52.1 Å². The van der Waals surface area contributed by atoms with Crippen LogP contribution in [-0.2, 0) is 0 Å². The first kappa shape index (κ1) is 16.3. The molecule has 0 saturated heterocycles. The molecule has 1 saturated carbocycles. The van der Waals surface area contributed by atoms with Crippen molar-refractivity contribution in [3.05, 3.63) is 29.8 Å². The van der Waals surface area contributed by atoms with Crippen LogP contribution in [0.15, 0.2) is 24.3 Å². The third-order valence-electron chi connectivity index (χ3n) is 4.88. The van der Waals surface area contributed by atoms with Crippen molar-refractivity contribution in [2.24, 2.45) is 11.7 Å². The van der Waals surface area contributed by atoms with Gasteiger partial charge >= 0.3 is 0 Å². The third-order valence-corrected chi connectivity index (χ3v) is 4.88. The normalized spacial score (nSPS) is 23.5. The van der Waals surface area contributed by atoms with Gasteiger partial charge in [0.1, 0.15) is 5.75 Å². The summed E-state index contributed by atoms with van der Waals surface area (Å²) >= 11 is 0. The van der Waals surface area contributed by atoms with E-state index in [9.17, 15) is 0 Å². The Morgan fingerprint density at radius 3 is 2.52 bits per heavy atom. The number of ether oxygens (including phenoxy) is 1. The molecular formula is C18H30N2O. The molecule has 0 spiro atoms. The lowest BCUT2D eigenvalue weighted by Crippen LogP contribution is -2.41. The first-order chi connectivity index (χ1) is 10.2. The van der Waals surface area contributed by atoms with Gasteiger partial charge in [-0.25, -0.2) is 0 Å². The van der Waals surface area contributed by atoms with Crippen LogP contribution >= 0.6 is 0 Å². The topological polar surface area (TPSA) is 38.5 Å². The molecule has 21 heavy (non-hydrogen) atoms. The zero-order valence-electron chi connectivity index (χ0n) is 13.7. The quantitative estimate of drug-likeness (QED) is 0.834. The van der Waals surface area contributed by atoms with E-state index in [1.807, 2.05) is 6.92 Å². The van der Waals surface area contributed by atoms with Crippen molar-refractivity contribution in [3.63, 3.8) is 0 Å². The molecule has 3 nitrogen and oxygen atoms in total. The van der Waals surface area contributed by atoms with Crippen LogP contribution in [0.1, 0.15) is 51.6 Å². The minimum atomic E-state index is 0.433. The van der Waals surface area contributed by atoms with Crippen LogP contribution in [0.3, 0.4) is 0 Å². The third kappa shape index (κ3) is 3.78. The van der Waals surface area contributed by atoms with Crippen LogP contribution in [0.4, 0.5) is 0 Å². The van der Waals surface area contributed by atoms with Gasteiger partial charge in [-0.1, -0.05) is 25.5 Å². The molecule has 2 N–H and O–H groups in total. The van der Waals surface area contributed by atoms with Crippen molar-refractivity contribution >= 4 is 0 Å². The maximum atomic E-state index is 5.97. The van der Waals surface area contributed by atoms with E-state index in [2.05, 4.69) is 43.0 Å². The van der Waals surface area contributed by atoms with Gasteiger partial charge in [-0.05, 0) is 63.4 Å². The van der Waals surface area contributed by atoms with E-state index in [-0.39, 0.29) is 0 Å². The summed E-state index contributed by atoms with van der Waals surface area (Å²) in [7, 11) is 0. The fourth-order valence-electron chi connectivity index (χ4n) is 3.73. The fourth-order valence-corrected chi connectivity index (χ4v) is 3.73. The fraction of sp³-hybridized carbons (Fsp3) is 0.667. The van der Waals surface area contributed by atoms with Gasteiger partial charge in [0, 0.05) is 12.1 Å². The minimum Gasteiger partial charge on any atom is -0.494 e. The minimum absolute atomic E-state index is 0.433. The summed E-state index contributed by atoms with van der Waals surface area (Å²) in [5.41, 5.74) is 7.33. The van der Waals surface area contributed by atoms with E-state index in [0.29, 0.717) is 18.0 Å². The van der Waals surface area contributed by atoms with Gasteiger partial charge < -0.3 is 10.5 Å². The Hall–Kier alpha value is -1.06. The molecule has 1 aliphatic rings. The molecule has 2 rings (SSSR count). The molecule has 3 heteroatoms. The van der Waals surface area contributed by atoms with Crippen molar-refractivity contribution in [1.82, 2.24) is 4.90 Å². The van der Waals surface area contributed by atoms with Gasteiger partial charge in [-0.2, -0.15) is 0 Å². The molecule has 3 unspecified atom stereocenters. The molecule has 1 fully saturated rings. The lowest BCUT2D eigenvalue weighted by molar-refractivity contribution is 0.123. The van der Waals surface area contributed by atoms with E-state index in [1.165, 1.54) is 24.8 Å². The lowest BCUT2D eigenvalue weighted by Gasteiger charge is -2.37. The molecule has 1 aromatic carbocycles. The number of rotatable bonds is 7. The van der Waals surface area contributed by atoms with Crippen LogP contribution in [0.25, 0.3) is 0 Å². The molecule has 0 radical (unpaired) electrons. The van der Waals surface area contributed by atoms with Crippen molar-refractivity contribution in [3.8, 4) is 5.75 Å². The Morgan fingerprint density at radius 2 is 1.95 bits per heavy atom. The number of hydrogen-bond acceptors (Lipinski definition) is 3. The van der Waals surface area contributed by atoms with Crippen molar-refractivity contribution in [1.29, 1.82) is 0 Å². The van der Waals surface area contributed by atoms with Gasteiger partial charge in [-0.15, -0.1) is 0 Å². The Labute approximate surface area is 129 Å². The molecule has 0 aliphatic heterocycles. The zero-order chi connectivity index (χ0) is 15.2. The molecule has 1 aromatic rings. The summed E-state index contributed by atoms with van der Waals surface area (Å²) in [4.78, 5) is 2.63. The highest BCUT2D eigenvalue weighted by Gasteiger charge is 2.33. The van der Waals surface area contributed by atoms with Crippen LogP contribution in [0, 0.1) is 5.92 Å². The summed E-state index contributed by atoms with van der Waals surface area (Å²) in [6.45, 7) is 9.20. The molecular weight excluding hydrogens is 260 g/mol. The number of benzene rings is 1. The molecule has 1 aliphatic carbocycles. The number of nitrogens with zero attached hydrogens (tertiary/aromatic N) is 1. The monoisotopic (exact) mass is 290 g/mol. The number of nitrogens with two attached hydrogens (primary N) is 1. The van der Waals surface area contributed by atoms with Gasteiger partial charge in [0.15, 0.2) is 0 Å². The summed E-state index contributed by atoms with van der Waals surface area (Å²) in [6.07, 6.45) is 3.89. The van der Waals surface area contributed by atoms with Gasteiger partial charge in [-0.3, -0.25) is 4.90 Å². The van der Waals surface area contributed by atoms with Crippen LogP contribution in [-0.4, -0.2) is 30.6 Å². The molecule has 0 aromatic heterocycles. The van der Waals surface area contributed by atoms with Crippen molar-refractivity contribution in [2.75, 3.05) is 19.7 Å². The summed E-state index contributed by atoms with van der Waals surface area (Å²) < 4.78 is 5.53. The molecule has 3 atom stereocenters. The predicted molar refractivity (Wildman–Crippen MR) is 88.6 cm³/mol. The predicted octanol–water partition coefficient (Wildman–Crippen LogP) is 3.60. The highest BCUT2D eigenvalue weighted by Crippen LogP contribution is 2.34. The average Bonchev–Trinajstić information content (AvgIpc) is 2.97. The van der Waals surface area contributed by atoms with Crippen LogP contribution < -0.4 is 10.5 Å². The molecule has 0 heterocycles. The Morgan fingerprint density at radius 1 is 1.24 bits per heavy atom. The van der Waals surface area contributed by atoms with Gasteiger partial charge in [0.05, 0.1) is 6.61 Å². The van der Waals surface area contributed by atoms with E-state index < -0.39 is 0 Å². The van der Waals surface area contributed by atoms with E-state index >= 15 is 0 Å². The first-order valence-corrected chi connectivity index (χ1v) is 8.39. The highest BCUT2D eigenvalue weighted by molar-refractivity contribution is 5.29. The highest BCUT2D eigenvalue weighted by atomic mass is 16.5. The van der Waals surface area contributed by atoms with Gasteiger partial charge in [0.25, 0.3) is 0 Å². The largest absolute Gasteiger partial charge is 0.494 e. The smallest absolute Gasteiger partial charge is 0.119 e. The number of hydrogen-bond donors (Lipinski definition) is 1. The second-order valence-corrected chi connectivity index (χ2v) is 6.00. The second-order valence-electron chi connectivity index (χ2n) is 6.00. The van der Waals surface area contributed by atoms with Crippen molar-refractivity contribution < 1.29 is 4.74 Å². The Bertz CT molecular complexity index is 418. The first-order valence-electron chi connectivity index (χ1n) is 8.39. The molecule has 118 valence electrons. The molecule has 0 amide bonds. The Kier molecular flexibility index (Phi) is 6.07. The summed E-state index contributed by atoms with van der Waals surface area (Å²) in [5.74, 6) is 1.62. The van der Waals surface area contributed by atoms with E-state index in [4.69, 9.17) is 10.5 Å². The maximum Gasteiger partial charge on any atom is 0.119 e. The van der Waals surface area contributed by atoms with E-state index in [0.717, 1.165) is 25.4 Å². The van der Waals surface area contributed by atoms with Crippen LogP contribution in [0.5, 0.6) is 5.75 Å². The van der Waals surface area contributed by atoms with Gasteiger partial charge in [0.2, 0.25) is 0 Å². The zero-order valence-corrected chi connectivity index (χ0v) is 13.7. The molecule has 0 bridgehead atoms. The Balaban J connectivity index is 2.10. The average molecular weight is 290 g/mol. The van der Waals surface area contributed by atoms with E-state index in [1.54, 1.807) is 0 Å².